The van der Waals surface area contributed by atoms with Crippen molar-refractivity contribution in [2.75, 3.05) is 19.6 Å². The van der Waals surface area contributed by atoms with E-state index in [-0.39, 0.29) is 11.8 Å². The summed E-state index contributed by atoms with van der Waals surface area (Å²) in [6.07, 6.45) is 4.74. The fourth-order valence-electron chi connectivity index (χ4n) is 2.11. The Morgan fingerprint density at radius 3 is 2.38 bits per heavy atom. The molecule has 16 heavy (non-hydrogen) atoms. The summed E-state index contributed by atoms with van der Waals surface area (Å²) in [7, 11) is 0. The Labute approximate surface area is 97.4 Å². The maximum atomic E-state index is 11.2. The minimum atomic E-state index is -0.165. The van der Waals surface area contributed by atoms with Crippen LogP contribution in [0.1, 0.15) is 39.5 Å². The van der Waals surface area contributed by atoms with E-state index < -0.39 is 0 Å². The average molecular weight is 226 g/mol. The van der Waals surface area contributed by atoms with Crippen molar-refractivity contribution in [3.63, 3.8) is 0 Å². The number of unbranched alkanes of at least 4 members (excludes halogenated alkanes) is 1. The second kappa shape index (κ2) is 6.63. The first-order valence-electron chi connectivity index (χ1n) is 6.20. The maximum Gasteiger partial charge on any atom is 0.240 e. The quantitative estimate of drug-likeness (QED) is 0.691. The molecule has 4 nitrogen and oxygen atoms in total. The van der Waals surface area contributed by atoms with Gasteiger partial charge in [0, 0.05) is 6.54 Å². The third-order valence-electron chi connectivity index (χ3n) is 3.07. The molecule has 0 spiro atoms. The molecule has 0 aromatic carbocycles. The van der Waals surface area contributed by atoms with Gasteiger partial charge in [-0.15, -0.1) is 0 Å². The first-order chi connectivity index (χ1) is 7.65. The van der Waals surface area contributed by atoms with Gasteiger partial charge in [0.25, 0.3) is 0 Å². The van der Waals surface area contributed by atoms with E-state index in [1.807, 2.05) is 4.90 Å². The lowest BCUT2D eigenvalue weighted by molar-refractivity contribution is -0.136. The zero-order chi connectivity index (χ0) is 12.0. The van der Waals surface area contributed by atoms with Gasteiger partial charge in [-0.05, 0) is 12.3 Å². The number of hydrogen-bond acceptors (Lipinski definition) is 3. The Hall–Kier alpha value is -0.900. The molecule has 1 unspecified atom stereocenters. The fourth-order valence-corrected chi connectivity index (χ4v) is 2.11. The van der Waals surface area contributed by atoms with Crippen molar-refractivity contribution in [1.29, 1.82) is 0 Å². The number of carbonyl (C=O) groups excluding carboxylic acids is 2. The highest BCUT2D eigenvalue weighted by Gasteiger charge is 2.23. The van der Waals surface area contributed by atoms with Crippen LogP contribution in [0.25, 0.3) is 0 Å². The molecule has 1 fully saturated rings. The summed E-state index contributed by atoms with van der Waals surface area (Å²) in [6, 6.07) is 0. The highest BCUT2D eigenvalue weighted by Crippen LogP contribution is 2.14. The highest BCUT2D eigenvalue weighted by molar-refractivity contribution is 5.99. The number of imide groups is 1. The molecule has 1 N–H and O–H groups in total. The molecule has 0 saturated carbocycles. The van der Waals surface area contributed by atoms with Crippen molar-refractivity contribution in [1.82, 2.24) is 10.2 Å². The van der Waals surface area contributed by atoms with E-state index in [1.54, 1.807) is 0 Å². The van der Waals surface area contributed by atoms with Gasteiger partial charge in [0.1, 0.15) is 0 Å². The largest absolute Gasteiger partial charge is 0.294 e. The molecule has 0 aromatic rings. The average Bonchev–Trinajstić information content (AvgIpc) is 2.22. The number of piperazine rings is 1. The van der Waals surface area contributed by atoms with Crippen molar-refractivity contribution in [3.05, 3.63) is 0 Å². The number of rotatable bonds is 6. The van der Waals surface area contributed by atoms with Crippen LogP contribution in [0.5, 0.6) is 0 Å². The molecule has 92 valence electrons. The van der Waals surface area contributed by atoms with Crippen LogP contribution in [0, 0.1) is 5.92 Å². The van der Waals surface area contributed by atoms with E-state index in [1.165, 1.54) is 19.3 Å². The summed E-state index contributed by atoms with van der Waals surface area (Å²) in [6.45, 7) is 5.97. The Morgan fingerprint density at radius 1 is 1.25 bits per heavy atom. The second-order valence-electron chi connectivity index (χ2n) is 4.56. The minimum absolute atomic E-state index is 0.165. The van der Waals surface area contributed by atoms with Gasteiger partial charge in [-0.25, -0.2) is 0 Å². The van der Waals surface area contributed by atoms with Gasteiger partial charge >= 0.3 is 0 Å². The van der Waals surface area contributed by atoms with Crippen LogP contribution >= 0.6 is 0 Å². The molecule has 1 rings (SSSR count). The highest BCUT2D eigenvalue weighted by atomic mass is 16.2. The van der Waals surface area contributed by atoms with Gasteiger partial charge in [0.2, 0.25) is 11.8 Å². The summed E-state index contributed by atoms with van der Waals surface area (Å²) in [4.78, 5) is 24.4. The lowest BCUT2D eigenvalue weighted by Crippen LogP contribution is -2.52. The standard InChI is InChI=1S/C12H22N2O2/c1-3-5-6-10(4-2)7-14-8-11(15)13-12(16)9-14/h10H,3-9H2,1-2H3,(H,13,15,16). The summed E-state index contributed by atoms with van der Waals surface area (Å²) < 4.78 is 0. The predicted octanol–water partition coefficient (Wildman–Crippen LogP) is 1.16. The minimum Gasteiger partial charge on any atom is -0.294 e. The molecule has 1 aliphatic heterocycles. The SMILES string of the molecule is CCCCC(CC)CN1CC(=O)NC(=O)C1. The molecular formula is C12H22N2O2. The predicted molar refractivity (Wildman–Crippen MR) is 62.9 cm³/mol. The van der Waals surface area contributed by atoms with Crippen molar-refractivity contribution >= 4 is 11.8 Å². The molecule has 1 aliphatic rings. The first kappa shape index (κ1) is 13.2. The molecule has 0 radical (unpaired) electrons. The first-order valence-corrected chi connectivity index (χ1v) is 6.20. The molecule has 1 saturated heterocycles. The van der Waals surface area contributed by atoms with Gasteiger partial charge in [-0.3, -0.25) is 19.8 Å². The molecule has 1 heterocycles. The molecule has 0 bridgehead atoms. The third-order valence-corrected chi connectivity index (χ3v) is 3.07. The van der Waals surface area contributed by atoms with Gasteiger partial charge in [0.15, 0.2) is 0 Å². The van der Waals surface area contributed by atoms with E-state index in [0.29, 0.717) is 19.0 Å². The van der Waals surface area contributed by atoms with Gasteiger partial charge in [-0.1, -0.05) is 33.1 Å². The van der Waals surface area contributed by atoms with E-state index in [9.17, 15) is 9.59 Å². The van der Waals surface area contributed by atoms with Crippen molar-refractivity contribution in [2.24, 2.45) is 5.92 Å². The van der Waals surface area contributed by atoms with Crippen LogP contribution in [0.4, 0.5) is 0 Å². The fraction of sp³-hybridized carbons (Fsp3) is 0.833. The topological polar surface area (TPSA) is 49.4 Å². The Balaban J connectivity index is 2.38. The summed E-state index contributed by atoms with van der Waals surface area (Å²) in [5.74, 6) is 0.279. The second-order valence-corrected chi connectivity index (χ2v) is 4.56. The Bertz CT molecular complexity index is 237. The maximum absolute atomic E-state index is 11.2. The number of hydrogen-bond donors (Lipinski definition) is 1. The lowest BCUT2D eigenvalue weighted by atomic mass is 9.98. The number of carbonyl (C=O) groups is 2. The van der Waals surface area contributed by atoms with Crippen LogP contribution in [0.2, 0.25) is 0 Å². The zero-order valence-corrected chi connectivity index (χ0v) is 10.3. The van der Waals surface area contributed by atoms with Crippen LogP contribution < -0.4 is 5.32 Å². The Kier molecular flexibility index (Phi) is 5.46. The summed E-state index contributed by atoms with van der Waals surface area (Å²) in [5.41, 5.74) is 0. The van der Waals surface area contributed by atoms with Crippen LogP contribution in [-0.2, 0) is 9.59 Å². The molecular weight excluding hydrogens is 204 g/mol. The number of amides is 2. The molecule has 0 aromatic heterocycles. The lowest BCUT2D eigenvalue weighted by Gasteiger charge is -2.28. The van der Waals surface area contributed by atoms with Gasteiger partial charge < -0.3 is 0 Å². The monoisotopic (exact) mass is 226 g/mol. The number of nitrogens with one attached hydrogen (secondary N) is 1. The summed E-state index contributed by atoms with van der Waals surface area (Å²) in [5, 5.41) is 2.32. The van der Waals surface area contributed by atoms with Crippen molar-refractivity contribution < 1.29 is 9.59 Å². The normalized spacial score (nSPS) is 19.6. The van der Waals surface area contributed by atoms with Crippen molar-refractivity contribution in [2.45, 2.75) is 39.5 Å². The van der Waals surface area contributed by atoms with E-state index in [2.05, 4.69) is 19.2 Å². The van der Waals surface area contributed by atoms with Gasteiger partial charge in [-0.2, -0.15) is 0 Å². The van der Waals surface area contributed by atoms with Crippen molar-refractivity contribution in [3.8, 4) is 0 Å². The smallest absolute Gasteiger partial charge is 0.240 e. The van der Waals surface area contributed by atoms with Gasteiger partial charge in [0.05, 0.1) is 13.1 Å². The molecule has 1 atom stereocenters. The number of nitrogens with zero attached hydrogens (tertiary/aromatic N) is 1. The van der Waals surface area contributed by atoms with Crippen LogP contribution in [0.3, 0.4) is 0 Å². The Morgan fingerprint density at radius 2 is 1.88 bits per heavy atom. The third kappa shape index (κ3) is 4.31. The van der Waals surface area contributed by atoms with E-state index in [0.717, 1.165) is 13.0 Å². The molecule has 4 heteroatoms. The molecule has 0 aliphatic carbocycles. The summed E-state index contributed by atoms with van der Waals surface area (Å²) >= 11 is 0. The molecule has 2 amide bonds. The van der Waals surface area contributed by atoms with E-state index in [4.69, 9.17) is 0 Å². The zero-order valence-electron chi connectivity index (χ0n) is 10.3. The van der Waals surface area contributed by atoms with Crippen LogP contribution in [-0.4, -0.2) is 36.3 Å². The van der Waals surface area contributed by atoms with Crippen LogP contribution in [0.15, 0.2) is 0 Å². The van der Waals surface area contributed by atoms with E-state index >= 15 is 0 Å².